The first-order valence-corrected chi connectivity index (χ1v) is 2.63. The maximum absolute atomic E-state index is 9.06. The molecule has 0 aromatic rings. The fourth-order valence-electron chi connectivity index (χ4n) is 0.744. The molecule has 0 saturated heterocycles. The monoisotopic (exact) mass is 134 g/mol. The average molecular weight is 134 g/mol. The van der Waals surface area contributed by atoms with Gasteiger partial charge in [-0.3, -0.25) is 0 Å². The minimum atomic E-state index is -1.47. The van der Waals surface area contributed by atoms with Crippen molar-refractivity contribution < 1.29 is 19.7 Å². The molecule has 0 spiro atoms. The zero-order valence-electron chi connectivity index (χ0n) is 5.42. The van der Waals surface area contributed by atoms with Gasteiger partial charge < -0.3 is 19.7 Å². The summed E-state index contributed by atoms with van der Waals surface area (Å²) in [5.74, 6) is -2.94. The van der Waals surface area contributed by atoms with Crippen molar-refractivity contribution in [2.24, 2.45) is 0 Å². The van der Waals surface area contributed by atoms with Crippen LogP contribution in [0.15, 0.2) is 0 Å². The second-order valence-electron chi connectivity index (χ2n) is 2.15. The van der Waals surface area contributed by atoms with Crippen LogP contribution in [0.1, 0.15) is 6.42 Å². The van der Waals surface area contributed by atoms with Crippen LogP contribution in [0.3, 0.4) is 0 Å². The van der Waals surface area contributed by atoms with Crippen molar-refractivity contribution in [2.75, 3.05) is 14.2 Å². The Kier molecular flexibility index (Phi) is 1.29. The van der Waals surface area contributed by atoms with E-state index in [9.17, 15) is 0 Å². The molecule has 2 N–H and O–H groups in total. The van der Waals surface area contributed by atoms with Crippen molar-refractivity contribution in [1.82, 2.24) is 0 Å². The van der Waals surface area contributed by atoms with Gasteiger partial charge in [-0.2, -0.15) is 0 Å². The van der Waals surface area contributed by atoms with Crippen LogP contribution in [-0.2, 0) is 9.47 Å². The number of rotatable bonds is 2. The predicted octanol–water partition coefficient (Wildman–Crippen LogP) is -0.940. The first-order chi connectivity index (χ1) is 4.08. The summed E-state index contributed by atoms with van der Waals surface area (Å²) in [5, 5.41) is 18.1. The van der Waals surface area contributed by atoms with Crippen LogP contribution < -0.4 is 0 Å². The molecule has 1 fully saturated rings. The van der Waals surface area contributed by atoms with Crippen molar-refractivity contribution in [3.63, 3.8) is 0 Å². The molecular weight excluding hydrogens is 124 g/mol. The van der Waals surface area contributed by atoms with Gasteiger partial charge in [0.05, 0.1) is 6.42 Å². The predicted molar refractivity (Wildman–Crippen MR) is 28.5 cm³/mol. The van der Waals surface area contributed by atoms with Crippen LogP contribution in [0.2, 0.25) is 0 Å². The third-order valence-corrected chi connectivity index (χ3v) is 1.64. The molecule has 1 aliphatic carbocycles. The summed E-state index contributed by atoms with van der Waals surface area (Å²) in [6, 6.07) is 0. The summed E-state index contributed by atoms with van der Waals surface area (Å²) in [7, 11) is 2.63. The number of ether oxygens (including phenoxy) is 2. The van der Waals surface area contributed by atoms with Crippen molar-refractivity contribution in [3.8, 4) is 0 Å². The normalized spacial score (nSPS) is 49.3. The molecule has 2 unspecified atom stereocenters. The van der Waals surface area contributed by atoms with Gasteiger partial charge in [-0.25, -0.2) is 0 Å². The highest BCUT2D eigenvalue weighted by Crippen LogP contribution is 2.48. The van der Waals surface area contributed by atoms with E-state index in [1.54, 1.807) is 0 Å². The Hall–Kier alpha value is -0.160. The van der Waals surface area contributed by atoms with E-state index >= 15 is 0 Å². The lowest BCUT2D eigenvalue weighted by molar-refractivity contribution is -0.232. The van der Waals surface area contributed by atoms with Gasteiger partial charge in [0.1, 0.15) is 0 Å². The standard InChI is InChI=1S/C5H10O4/c1-8-4(6)3-5(4,7)9-2/h6-7H,3H2,1-2H3. The second-order valence-corrected chi connectivity index (χ2v) is 2.15. The van der Waals surface area contributed by atoms with Crippen molar-refractivity contribution in [1.29, 1.82) is 0 Å². The maximum Gasteiger partial charge on any atom is 0.226 e. The Labute approximate surface area is 53.0 Å². The van der Waals surface area contributed by atoms with Gasteiger partial charge in [0.2, 0.25) is 11.6 Å². The lowest BCUT2D eigenvalue weighted by atomic mass is 10.6. The molecule has 0 aliphatic heterocycles. The van der Waals surface area contributed by atoms with Gasteiger partial charge in [-0.05, 0) is 0 Å². The highest BCUT2D eigenvalue weighted by atomic mass is 16.7. The van der Waals surface area contributed by atoms with Gasteiger partial charge in [-0.1, -0.05) is 0 Å². The molecule has 0 amide bonds. The largest absolute Gasteiger partial charge is 0.361 e. The van der Waals surface area contributed by atoms with E-state index in [4.69, 9.17) is 10.2 Å². The van der Waals surface area contributed by atoms with Gasteiger partial charge >= 0.3 is 0 Å². The van der Waals surface area contributed by atoms with Gasteiger partial charge in [0.15, 0.2) is 0 Å². The number of hydrogen-bond donors (Lipinski definition) is 2. The number of aliphatic hydroxyl groups is 2. The van der Waals surface area contributed by atoms with E-state index in [1.807, 2.05) is 0 Å². The smallest absolute Gasteiger partial charge is 0.226 e. The lowest BCUT2D eigenvalue weighted by Crippen LogP contribution is -2.28. The van der Waals surface area contributed by atoms with E-state index in [-0.39, 0.29) is 6.42 Å². The molecule has 1 saturated carbocycles. The first-order valence-electron chi connectivity index (χ1n) is 2.63. The third kappa shape index (κ3) is 0.753. The van der Waals surface area contributed by atoms with Gasteiger partial charge in [0, 0.05) is 14.2 Å². The van der Waals surface area contributed by atoms with Crippen LogP contribution in [0.5, 0.6) is 0 Å². The molecule has 1 rings (SSSR count). The second kappa shape index (κ2) is 1.67. The Morgan fingerprint density at radius 2 is 1.44 bits per heavy atom. The van der Waals surface area contributed by atoms with Gasteiger partial charge in [0.25, 0.3) is 0 Å². The first kappa shape index (κ1) is 6.95. The molecule has 0 radical (unpaired) electrons. The fraction of sp³-hybridized carbons (Fsp3) is 1.00. The molecule has 9 heavy (non-hydrogen) atoms. The zero-order valence-corrected chi connectivity index (χ0v) is 5.42. The molecule has 0 aromatic carbocycles. The zero-order chi connectivity index (χ0) is 7.12. The fourth-order valence-corrected chi connectivity index (χ4v) is 0.744. The summed E-state index contributed by atoms with van der Waals surface area (Å²) < 4.78 is 9.07. The van der Waals surface area contributed by atoms with Crippen LogP contribution in [-0.4, -0.2) is 36.0 Å². The molecule has 4 nitrogen and oxygen atoms in total. The molecule has 0 aromatic heterocycles. The lowest BCUT2D eigenvalue weighted by Gasteiger charge is -2.11. The van der Waals surface area contributed by atoms with E-state index in [0.29, 0.717) is 0 Å². The summed E-state index contributed by atoms with van der Waals surface area (Å²) in [4.78, 5) is 0. The minimum absolute atomic E-state index is 0.118. The molecule has 2 atom stereocenters. The summed E-state index contributed by atoms with van der Waals surface area (Å²) in [6.45, 7) is 0. The maximum atomic E-state index is 9.06. The van der Waals surface area contributed by atoms with Crippen LogP contribution >= 0.6 is 0 Å². The van der Waals surface area contributed by atoms with Gasteiger partial charge in [-0.15, -0.1) is 0 Å². The summed E-state index contributed by atoms with van der Waals surface area (Å²) >= 11 is 0. The van der Waals surface area contributed by atoms with Crippen molar-refractivity contribution in [3.05, 3.63) is 0 Å². The number of methoxy groups -OCH3 is 2. The molecule has 1 aliphatic rings. The van der Waals surface area contributed by atoms with E-state index in [0.717, 1.165) is 0 Å². The van der Waals surface area contributed by atoms with Crippen LogP contribution in [0.4, 0.5) is 0 Å². The molecule has 0 heterocycles. The highest BCUT2D eigenvalue weighted by molar-refractivity contribution is 5.04. The summed E-state index contributed by atoms with van der Waals surface area (Å²) in [6.07, 6.45) is 0.118. The molecule has 4 heteroatoms. The molecule has 0 bridgehead atoms. The summed E-state index contributed by atoms with van der Waals surface area (Å²) in [5.41, 5.74) is 0. The van der Waals surface area contributed by atoms with Crippen LogP contribution in [0, 0.1) is 0 Å². The average Bonchev–Trinajstić information content (AvgIpc) is 2.39. The van der Waals surface area contributed by atoms with Crippen molar-refractivity contribution >= 4 is 0 Å². The topological polar surface area (TPSA) is 58.9 Å². The molecular formula is C5H10O4. The Morgan fingerprint density at radius 3 is 1.56 bits per heavy atom. The van der Waals surface area contributed by atoms with Crippen molar-refractivity contribution in [2.45, 2.75) is 18.0 Å². The quantitative estimate of drug-likeness (QED) is 0.478. The number of hydrogen-bond acceptors (Lipinski definition) is 4. The Balaban J connectivity index is 2.54. The Morgan fingerprint density at radius 1 is 1.11 bits per heavy atom. The minimum Gasteiger partial charge on any atom is -0.361 e. The third-order valence-electron chi connectivity index (χ3n) is 1.64. The highest BCUT2D eigenvalue weighted by Gasteiger charge is 2.69. The van der Waals surface area contributed by atoms with E-state index in [2.05, 4.69) is 9.47 Å². The van der Waals surface area contributed by atoms with Crippen LogP contribution in [0.25, 0.3) is 0 Å². The molecule has 54 valence electrons. The van der Waals surface area contributed by atoms with E-state index < -0.39 is 11.6 Å². The SMILES string of the molecule is COC1(O)CC1(O)OC. The van der Waals surface area contributed by atoms with E-state index in [1.165, 1.54) is 14.2 Å². The Bertz CT molecular complexity index is 112.